The van der Waals surface area contributed by atoms with Crippen molar-refractivity contribution in [2.75, 3.05) is 12.4 Å². The van der Waals surface area contributed by atoms with E-state index in [4.69, 9.17) is 9.84 Å². The van der Waals surface area contributed by atoms with Gasteiger partial charge < -0.3 is 15.2 Å². The molecule has 0 saturated heterocycles. The molecule has 2 N–H and O–H groups in total. The molecule has 3 rings (SSSR count). The number of benzene rings is 1. The number of nitrogens with one attached hydrogen (secondary N) is 1. The Balaban J connectivity index is 2.17. The summed E-state index contributed by atoms with van der Waals surface area (Å²) >= 11 is 0. The van der Waals surface area contributed by atoms with Gasteiger partial charge in [-0.2, -0.15) is 0 Å². The Morgan fingerprint density at radius 3 is 2.94 bits per heavy atom. The molecule has 2 unspecified atom stereocenters. The van der Waals surface area contributed by atoms with E-state index in [1.807, 2.05) is 0 Å². The highest BCUT2D eigenvalue weighted by Gasteiger charge is 2.69. The second-order valence-electron chi connectivity index (χ2n) is 4.40. The Morgan fingerprint density at radius 1 is 1.59 bits per heavy atom. The summed E-state index contributed by atoms with van der Waals surface area (Å²) in [5.74, 6) is -1.23. The van der Waals surface area contributed by atoms with Crippen molar-refractivity contribution in [1.82, 2.24) is 0 Å². The number of aliphatic carboxylic acids is 1. The van der Waals surface area contributed by atoms with Crippen LogP contribution in [-0.4, -0.2) is 24.1 Å². The van der Waals surface area contributed by atoms with Crippen molar-refractivity contribution in [3.05, 3.63) is 23.8 Å². The largest absolute Gasteiger partial charge is 0.496 e. The summed E-state index contributed by atoms with van der Waals surface area (Å²) < 4.78 is 5.22. The van der Waals surface area contributed by atoms with E-state index in [1.165, 1.54) is 7.11 Å². The highest BCUT2D eigenvalue weighted by Crippen LogP contribution is 2.62. The van der Waals surface area contributed by atoms with E-state index in [2.05, 4.69) is 5.32 Å². The van der Waals surface area contributed by atoms with Crippen LogP contribution in [0, 0.1) is 5.92 Å². The molecule has 5 nitrogen and oxygen atoms in total. The number of carbonyl (C=O) groups is 2. The van der Waals surface area contributed by atoms with Gasteiger partial charge in [-0.15, -0.1) is 0 Å². The molecule has 88 valence electrons. The molecule has 1 amide bonds. The lowest BCUT2D eigenvalue weighted by molar-refractivity contribution is -0.140. The van der Waals surface area contributed by atoms with Crippen molar-refractivity contribution in [1.29, 1.82) is 0 Å². The van der Waals surface area contributed by atoms with Crippen LogP contribution in [-0.2, 0) is 15.0 Å². The van der Waals surface area contributed by atoms with E-state index in [0.29, 0.717) is 23.4 Å². The fraction of sp³-hybridized carbons (Fsp3) is 0.333. The second-order valence-corrected chi connectivity index (χ2v) is 4.40. The topological polar surface area (TPSA) is 75.6 Å². The molecule has 1 saturated carbocycles. The number of hydrogen-bond donors (Lipinski definition) is 2. The highest BCUT2D eigenvalue weighted by molar-refractivity contribution is 6.12. The molecule has 5 heteroatoms. The highest BCUT2D eigenvalue weighted by atomic mass is 16.5. The Bertz CT molecular complexity index is 539. The summed E-state index contributed by atoms with van der Waals surface area (Å²) in [6.07, 6.45) is 0.349. The number of carboxylic acids is 1. The van der Waals surface area contributed by atoms with Gasteiger partial charge >= 0.3 is 5.97 Å². The molecule has 1 aliphatic carbocycles. The summed E-state index contributed by atoms with van der Waals surface area (Å²) in [7, 11) is 1.52. The van der Waals surface area contributed by atoms with Gasteiger partial charge in [0.2, 0.25) is 5.91 Å². The third-order valence-electron chi connectivity index (χ3n) is 3.60. The molecular formula is C12H11NO4. The van der Waals surface area contributed by atoms with Crippen molar-refractivity contribution >= 4 is 17.6 Å². The summed E-state index contributed by atoms with van der Waals surface area (Å²) in [4.78, 5) is 23.0. The zero-order chi connectivity index (χ0) is 12.2. The predicted octanol–water partition coefficient (Wildman–Crippen LogP) is 0.990. The first kappa shape index (κ1) is 10.1. The van der Waals surface area contributed by atoms with E-state index in [9.17, 15) is 9.59 Å². The molecule has 1 aromatic carbocycles. The third-order valence-corrected chi connectivity index (χ3v) is 3.60. The molecule has 2 aliphatic rings. The van der Waals surface area contributed by atoms with E-state index in [-0.39, 0.29) is 5.91 Å². The summed E-state index contributed by atoms with van der Waals surface area (Å²) in [5, 5.41) is 11.8. The van der Waals surface area contributed by atoms with Crippen molar-refractivity contribution < 1.29 is 19.4 Å². The lowest BCUT2D eigenvalue weighted by Gasteiger charge is -2.11. The van der Waals surface area contributed by atoms with Crippen LogP contribution < -0.4 is 10.1 Å². The Labute approximate surface area is 97.4 Å². The van der Waals surface area contributed by atoms with Gasteiger partial charge in [-0.1, -0.05) is 6.07 Å². The average Bonchev–Trinajstić information content (AvgIpc) is 2.98. The standard InChI is InChI=1S/C12H11NO4/c1-17-8-4-2-3-7-9(8)12(11(16)13-7)5-6(12)10(14)15/h2-4,6H,5H2,1H3,(H,13,16)(H,14,15). The smallest absolute Gasteiger partial charge is 0.307 e. The maximum absolute atomic E-state index is 12.0. The van der Waals surface area contributed by atoms with E-state index in [0.717, 1.165) is 0 Å². The van der Waals surface area contributed by atoms with Crippen molar-refractivity contribution in [3.63, 3.8) is 0 Å². The molecule has 0 bridgehead atoms. The van der Waals surface area contributed by atoms with Gasteiger partial charge in [-0.3, -0.25) is 9.59 Å². The van der Waals surface area contributed by atoms with Gasteiger partial charge in [0.15, 0.2) is 0 Å². The molecule has 1 aromatic rings. The van der Waals surface area contributed by atoms with Gasteiger partial charge in [0.1, 0.15) is 5.75 Å². The first-order valence-electron chi connectivity index (χ1n) is 5.33. The number of methoxy groups -OCH3 is 1. The van der Waals surface area contributed by atoms with E-state index < -0.39 is 17.3 Å². The Hall–Kier alpha value is -2.04. The van der Waals surface area contributed by atoms with Crippen LogP contribution in [0.5, 0.6) is 5.75 Å². The number of carboxylic acid groups (broad SMARTS) is 1. The van der Waals surface area contributed by atoms with Crippen LogP contribution in [0.4, 0.5) is 5.69 Å². The first-order valence-corrected chi connectivity index (χ1v) is 5.33. The zero-order valence-corrected chi connectivity index (χ0v) is 9.19. The molecule has 17 heavy (non-hydrogen) atoms. The Morgan fingerprint density at radius 2 is 2.35 bits per heavy atom. The zero-order valence-electron chi connectivity index (χ0n) is 9.19. The lowest BCUT2D eigenvalue weighted by Crippen LogP contribution is -2.24. The van der Waals surface area contributed by atoms with Crippen molar-refractivity contribution in [2.24, 2.45) is 5.92 Å². The maximum Gasteiger partial charge on any atom is 0.307 e. The quantitative estimate of drug-likeness (QED) is 0.798. The third kappa shape index (κ3) is 1.08. The number of hydrogen-bond acceptors (Lipinski definition) is 3. The van der Waals surface area contributed by atoms with Crippen LogP contribution in [0.1, 0.15) is 12.0 Å². The maximum atomic E-state index is 12.0. The van der Waals surface area contributed by atoms with Crippen LogP contribution in [0.3, 0.4) is 0 Å². The number of amides is 1. The minimum atomic E-state index is -0.932. The van der Waals surface area contributed by atoms with Crippen molar-refractivity contribution in [2.45, 2.75) is 11.8 Å². The van der Waals surface area contributed by atoms with Gasteiger partial charge in [0.25, 0.3) is 0 Å². The van der Waals surface area contributed by atoms with Crippen LogP contribution in [0.25, 0.3) is 0 Å². The molecule has 1 heterocycles. The van der Waals surface area contributed by atoms with E-state index >= 15 is 0 Å². The fourth-order valence-electron chi connectivity index (χ4n) is 2.70. The number of fused-ring (bicyclic) bond motifs is 2. The fourth-order valence-corrected chi connectivity index (χ4v) is 2.70. The number of ether oxygens (including phenoxy) is 1. The Kier molecular flexibility index (Phi) is 1.79. The van der Waals surface area contributed by atoms with Gasteiger partial charge in [0.05, 0.1) is 18.4 Å². The van der Waals surface area contributed by atoms with Gasteiger partial charge in [0, 0.05) is 11.3 Å². The first-order chi connectivity index (χ1) is 8.11. The minimum absolute atomic E-state index is 0.232. The van der Waals surface area contributed by atoms with Gasteiger partial charge in [-0.05, 0) is 18.6 Å². The second kappa shape index (κ2) is 3.00. The van der Waals surface area contributed by atoms with Gasteiger partial charge in [-0.25, -0.2) is 0 Å². The molecule has 1 aliphatic heterocycles. The minimum Gasteiger partial charge on any atom is -0.496 e. The molecule has 0 radical (unpaired) electrons. The molecule has 0 aromatic heterocycles. The molecular weight excluding hydrogens is 222 g/mol. The summed E-state index contributed by atoms with van der Waals surface area (Å²) in [5.41, 5.74) is 0.450. The molecule has 1 spiro atoms. The summed E-state index contributed by atoms with van der Waals surface area (Å²) in [6, 6.07) is 5.29. The normalized spacial score (nSPS) is 28.8. The number of carbonyl (C=O) groups excluding carboxylic acids is 1. The summed E-state index contributed by atoms with van der Waals surface area (Å²) in [6.45, 7) is 0. The molecule has 2 atom stereocenters. The predicted molar refractivity (Wildman–Crippen MR) is 59.0 cm³/mol. The van der Waals surface area contributed by atoms with Crippen LogP contribution in [0.15, 0.2) is 18.2 Å². The molecule has 1 fully saturated rings. The SMILES string of the molecule is COc1cccc2c1C1(CC1C(=O)O)C(=O)N2. The lowest BCUT2D eigenvalue weighted by atomic mass is 9.94. The number of rotatable bonds is 2. The van der Waals surface area contributed by atoms with Crippen LogP contribution >= 0.6 is 0 Å². The average molecular weight is 233 g/mol. The number of anilines is 1. The monoisotopic (exact) mass is 233 g/mol. The van der Waals surface area contributed by atoms with E-state index in [1.54, 1.807) is 18.2 Å². The van der Waals surface area contributed by atoms with Crippen LogP contribution in [0.2, 0.25) is 0 Å². The van der Waals surface area contributed by atoms with Crippen molar-refractivity contribution in [3.8, 4) is 5.75 Å².